The summed E-state index contributed by atoms with van der Waals surface area (Å²) in [6.07, 6.45) is 4.85. The molecule has 0 aromatic rings. The predicted molar refractivity (Wildman–Crippen MR) is 69.7 cm³/mol. The van der Waals surface area contributed by atoms with Gasteiger partial charge in [-0.05, 0) is 39.5 Å². The lowest BCUT2D eigenvalue weighted by Gasteiger charge is -2.38. The van der Waals surface area contributed by atoms with E-state index in [1.54, 1.807) is 0 Å². The van der Waals surface area contributed by atoms with Gasteiger partial charge in [-0.15, -0.1) is 0 Å². The number of hydrogen-bond donors (Lipinski definition) is 1. The largest absolute Gasteiger partial charge is 0.375 e. The van der Waals surface area contributed by atoms with Crippen LogP contribution < -0.4 is 5.32 Å². The van der Waals surface area contributed by atoms with Crippen LogP contribution in [0.5, 0.6) is 0 Å². The van der Waals surface area contributed by atoms with Crippen molar-refractivity contribution < 1.29 is 4.74 Å². The number of ether oxygens (including phenoxy) is 1. The van der Waals surface area contributed by atoms with E-state index in [9.17, 15) is 0 Å². The molecule has 1 saturated heterocycles. The van der Waals surface area contributed by atoms with Gasteiger partial charge in [-0.25, -0.2) is 0 Å². The summed E-state index contributed by atoms with van der Waals surface area (Å²) in [6.45, 7) is 12.2. The van der Waals surface area contributed by atoms with E-state index in [1.165, 1.54) is 12.8 Å². The van der Waals surface area contributed by atoms with Crippen LogP contribution >= 0.6 is 0 Å². The van der Waals surface area contributed by atoms with Crippen molar-refractivity contribution in [2.75, 3.05) is 6.61 Å². The minimum atomic E-state index is 0.0591. The maximum atomic E-state index is 5.75. The molecule has 2 atom stereocenters. The third-order valence-corrected chi connectivity index (χ3v) is 3.95. The van der Waals surface area contributed by atoms with Gasteiger partial charge in [0.2, 0.25) is 0 Å². The molecular weight excluding hydrogens is 198 g/mol. The maximum Gasteiger partial charge on any atom is 0.0641 e. The van der Waals surface area contributed by atoms with Crippen LogP contribution in [0.1, 0.15) is 60.3 Å². The molecule has 0 aromatic heterocycles. The number of nitrogens with one attached hydrogen (secondary N) is 1. The molecule has 2 heteroatoms. The lowest BCUT2D eigenvalue weighted by Crippen LogP contribution is -2.48. The van der Waals surface area contributed by atoms with Crippen LogP contribution in [0.25, 0.3) is 0 Å². The maximum absolute atomic E-state index is 5.75. The Balaban J connectivity index is 2.41. The highest BCUT2D eigenvalue weighted by atomic mass is 16.5. The molecule has 1 N–H and O–H groups in total. The van der Waals surface area contributed by atoms with Crippen LogP contribution in [-0.2, 0) is 4.74 Å². The Morgan fingerprint density at radius 2 is 1.94 bits per heavy atom. The van der Waals surface area contributed by atoms with Crippen molar-refractivity contribution in [3.63, 3.8) is 0 Å². The standard InChI is InChI=1S/C14H29NO/c1-6-12(7-2)11(3)15-13-8-9-16-14(4,5)10-13/h11-13,15H,6-10H2,1-5H3. The second-order valence-corrected chi connectivity index (χ2v) is 5.83. The van der Waals surface area contributed by atoms with E-state index in [4.69, 9.17) is 4.74 Å². The predicted octanol–water partition coefficient (Wildman–Crippen LogP) is 3.36. The third-order valence-electron chi connectivity index (χ3n) is 3.95. The highest BCUT2D eigenvalue weighted by Gasteiger charge is 2.30. The van der Waals surface area contributed by atoms with Crippen molar-refractivity contribution in [1.82, 2.24) is 5.32 Å². The average Bonchev–Trinajstić information content (AvgIpc) is 2.17. The molecule has 1 fully saturated rings. The molecule has 0 saturated carbocycles. The fourth-order valence-electron chi connectivity index (χ4n) is 2.88. The molecule has 0 amide bonds. The highest BCUT2D eigenvalue weighted by Crippen LogP contribution is 2.25. The molecule has 0 bridgehead atoms. The summed E-state index contributed by atoms with van der Waals surface area (Å²) in [4.78, 5) is 0. The average molecular weight is 227 g/mol. The SMILES string of the molecule is CCC(CC)C(C)NC1CCOC(C)(C)C1. The lowest BCUT2D eigenvalue weighted by atomic mass is 9.90. The molecule has 1 aliphatic rings. The van der Waals surface area contributed by atoms with E-state index >= 15 is 0 Å². The normalized spacial score (nSPS) is 27.0. The summed E-state index contributed by atoms with van der Waals surface area (Å²) in [5, 5.41) is 3.80. The molecule has 16 heavy (non-hydrogen) atoms. The number of rotatable bonds is 5. The molecule has 2 nitrogen and oxygen atoms in total. The van der Waals surface area contributed by atoms with Gasteiger partial charge < -0.3 is 10.1 Å². The molecule has 1 heterocycles. The molecule has 1 aliphatic heterocycles. The van der Waals surface area contributed by atoms with Crippen molar-refractivity contribution in [3.05, 3.63) is 0 Å². The van der Waals surface area contributed by atoms with Gasteiger partial charge in [0.25, 0.3) is 0 Å². The van der Waals surface area contributed by atoms with Gasteiger partial charge in [0, 0.05) is 18.7 Å². The van der Waals surface area contributed by atoms with Crippen LogP contribution in [0.4, 0.5) is 0 Å². The van der Waals surface area contributed by atoms with Gasteiger partial charge in [0.15, 0.2) is 0 Å². The van der Waals surface area contributed by atoms with Crippen LogP contribution in [0.2, 0.25) is 0 Å². The molecule has 1 rings (SSSR count). The van der Waals surface area contributed by atoms with E-state index in [2.05, 4.69) is 39.9 Å². The smallest absolute Gasteiger partial charge is 0.0641 e. The molecule has 0 spiro atoms. The molecule has 0 aromatic carbocycles. The minimum Gasteiger partial charge on any atom is -0.375 e. The quantitative estimate of drug-likeness (QED) is 0.777. The lowest BCUT2D eigenvalue weighted by molar-refractivity contribution is -0.0647. The highest BCUT2D eigenvalue weighted by molar-refractivity contribution is 4.85. The van der Waals surface area contributed by atoms with E-state index in [-0.39, 0.29) is 5.60 Å². The van der Waals surface area contributed by atoms with Gasteiger partial charge >= 0.3 is 0 Å². The fourth-order valence-corrected chi connectivity index (χ4v) is 2.88. The van der Waals surface area contributed by atoms with E-state index in [0.29, 0.717) is 12.1 Å². The second-order valence-electron chi connectivity index (χ2n) is 5.83. The van der Waals surface area contributed by atoms with Crippen molar-refractivity contribution in [2.24, 2.45) is 5.92 Å². The molecule has 96 valence electrons. The van der Waals surface area contributed by atoms with Gasteiger partial charge in [0.05, 0.1) is 5.60 Å². The Labute approximate surface area is 101 Å². The molecule has 2 unspecified atom stereocenters. The van der Waals surface area contributed by atoms with Crippen molar-refractivity contribution in [2.45, 2.75) is 78.0 Å². The Bertz CT molecular complexity index is 199. The number of hydrogen-bond acceptors (Lipinski definition) is 2. The third kappa shape index (κ3) is 4.06. The second kappa shape index (κ2) is 6.02. The Morgan fingerprint density at radius 1 is 1.31 bits per heavy atom. The van der Waals surface area contributed by atoms with Gasteiger partial charge in [-0.2, -0.15) is 0 Å². The fraction of sp³-hybridized carbons (Fsp3) is 1.00. The van der Waals surface area contributed by atoms with Gasteiger partial charge in [0.1, 0.15) is 0 Å². The van der Waals surface area contributed by atoms with Gasteiger partial charge in [-0.3, -0.25) is 0 Å². The van der Waals surface area contributed by atoms with E-state index in [0.717, 1.165) is 25.4 Å². The zero-order chi connectivity index (χ0) is 12.2. The topological polar surface area (TPSA) is 21.3 Å². The van der Waals surface area contributed by atoms with Crippen LogP contribution in [0.15, 0.2) is 0 Å². The Hall–Kier alpha value is -0.0800. The molecular formula is C14H29NO. The first-order chi connectivity index (χ1) is 7.48. The van der Waals surface area contributed by atoms with Crippen LogP contribution in [-0.4, -0.2) is 24.3 Å². The summed E-state index contributed by atoms with van der Waals surface area (Å²) in [5.41, 5.74) is 0.0591. The van der Waals surface area contributed by atoms with Crippen molar-refractivity contribution in [3.8, 4) is 0 Å². The summed E-state index contributed by atoms with van der Waals surface area (Å²) in [5.74, 6) is 0.811. The van der Waals surface area contributed by atoms with Gasteiger partial charge in [-0.1, -0.05) is 26.7 Å². The zero-order valence-electron chi connectivity index (χ0n) is 11.7. The zero-order valence-corrected chi connectivity index (χ0v) is 11.7. The Kier molecular flexibility index (Phi) is 5.26. The summed E-state index contributed by atoms with van der Waals surface area (Å²) >= 11 is 0. The van der Waals surface area contributed by atoms with Crippen LogP contribution in [0, 0.1) is 5.92 Å². The Morgan fingerprint density at radius 3 is 2.44 bits per heavy atom. The van der Waals surface area contributed by atoms with Crippen LogP contribution in [0.3, 0.4) is 0 Å². The van der Waals surface area contributed by atoms with Crippen molar-refractivity contribution >= 4 is 0 Å². The van der Waals surface area contributed by atoms with Crippen molar-refractivity contribution in [1.29, 1.82) is 0 Å². The van der Waals surface area contributed by atoms with E-state index in [1.807, 2.05) is 0 Å². The summed E-state index contributed by atoms with van der Waals surface area (Å²) < 4.78 is 5.75. The summed E-state index contributed by atoms with van der Waals surface area (Å²) in [7, 11) is 0. The van der Waals surface area contributed by atoms with E-state index < -0.39 is 0 Å². The molecule has 0 aliphatic carbocycles. The summed E-state index contributed by atoms with van der Waals surface area (Å²) in [6, 6.07) is 1.27. The first-order valence-corrected chi connectivity index (χ1v) is 6.88. The minimum absolute atomic E-state index is 0.0591. The first-order valence-electron chi connectivity index (χ1n) is 6.88. The monoisotopic (exact) mass is 227 g/mol. The first kappa shape index (κ1) is 14.0. The molecule has 0 radical (unpaired) electrons.